The maximum atomic E-state index is 13.7. The van der Waals surface area contributed by atoms with Crippen molar-refractivity contribution < 1.29 is 19.1 Å². The largest absolute Gasteiger partial charge is 0.376 e. The van der Waals surface area contributed by atoms with Crippen molar-refractivity contribution in [2.24, 2.45) is 0 Å². The molecule has 3 heterocycles. The zero-order valence-electron chi connectivity index (χ0n) is 19.5. The molecule has 0 aliphatic carbocycles. The monoisotopic (exact) mass is 463 g/mol. The first-order chi connectivity index (χ1) is 16.7. The molecule has 1 spiro atoms. The quantitative estimate of drug-likeness (QED) is 0.684. The molecule has 0 bridgehead atoms. The van der Waals surface area contributed by atoms with E-state index < -0.39 is 11.6 Å². The van der Waals surface area contributed by atoms with Gasteiger partial charge in [-0.05, 0) is 43.4 Å². The summed E-state index contributed by atoms with van der Waals surface area (Å²) in [6.45, 7) is 3.20. The molecule has 0 radical (unpaired) electrons. The van der Waals surface area contributed by atoms with Gasteiger partial charge >= 0.3 is 0 Å². The van der Waals surface area contributed by atoms with Crippen LogP contribution in [0.3, 0.4) is 0 Å². The molecule has 0 aromatic heterocycles. The number of carbonyl (C=O) groups excluding carboxylic acids is 2. The van der Waals surface area contributed by atoms with Crippen LogP contribution < -0.4 is 10.2 Å². The second kappa shape index (κ2) is 10.2. The molecule has 3 aliphatic rings. The lowest BCUT2D eigenvalue weighted by atomic mass is 9.81. The van der Waals surface area contributed by atoms with E-state index in [1.54, 1.807) is 0 Å². The molecule has 3 aliphatic heterocycles. The van der Waals surface area contributed by atoms with Crippen molar-refractivity contribution in [3.63, 3.8) is 0 Å². The van der Waals surface area contributed by atoms with Gasteiger partial charge in [0.2, 0.25) is 11.8 Å². The molecule has 7 nitrogen and oxygen atoms in total. The van der Waals surface area contributed by atoms with Gasteiger partial charge in [0.25, 0.3) is 0 Å². The zero-order valence-corrected chi connectivity index (χ0v) is 19.5. The van der Waals surface area contributed by atoms with E-state index in [-0.39, 0.29) is 24.5 Å². The predicted octanol–water partition coefficient (Wildman–Crippen LogP) is 2.75. The molecule has 5 rings (SSSR count). The normalized spacial score (nSPS) is 24.5. The molecule has 34 heavy (non-hydrogen) atoms. The molecular formula is C27H33N3O4. The first-order valence-corrected chi connectivity index (χ1v) is 12.3. The molecule has 2 amide bonds. The maximum absolute atomic E-state index is 13.7. The van der Waals surface area contributed by atoms with Crippen molar-refractivity contribution in [1.82, 2.24) is 10.2 Å². The Morgan fingerprint density at radius 1 is 1.00 bits per heavy atom. The van der Waals surface area contributed by atoms with E-state index in [2.05, 4.69) is 22.3 Å². The van der Waals surface area contributed by atoms with Crippen LogP contribution in [0.1, 0.15) is 31.2 Å². The van der Waals surface area contributed by atoms with Crippen molar-refractivity contribution in [2.45, 2.75) is 50.0 Å². The topological polar surface area (TPSA) is 71.1 Å². The number of carbonyl (C=O) groups is 2. The lowest BCUT2D eigenvalue weighted by Gasteiger charge is -2.52. The van der Waals surface area contributed by atoms with Crippen molar-refractivity contribution in [2.75, 3.05) is 37.7 Å². The molecule has 2 atom stereocenters. The van der Waals surface area contributed by atoms with Crippen LogP contribution in [0.5, 0.6) is 0 Å². The molecule has 0 saturated carbocycles. The smallest absolute Gasteiger partial charge is 0.248 e. The fraction of sp³-hybridized carbons (Fsp3) is 0.481. The first kappa shape index (κ1) is 22.9. The molecule has 180 valence electrons. The van der Waals surface area contributed by atoms with Gasteiger partial charge in [0, 0.05) is 31.9 Å². The summed E-state index contributed by atoms with van der Waals surface area (Å²) in [6, 6.07) is 19.4. The Balaban J connectivity index is 1.30. The van der Waals surface area contributed by atoms with E-state index in [1.165, 1.54) is 0 Å². The lowest BCUT2D eigenvalue weighted by molar-refractivity contribution is -0.163. The minimum atomic E-state index is -0.829. The standard InChI is InChI=1S/C27H33N3O4/c31-25-24(20-33-19-21-8-3-1-4-9-21)28-26(32)27(30(25)18-23-12-7-17-34-23)13-15-29(16-14-27)22-10-5-2-6-11-22/h1-6,8-11,23-24H,7,12-20H2,(H,28,32). The van der Waals surface area contributed by atoms with Crippen LogP contribution in [0.4, 0.5) is 5.69 Å². The summed E-state index contributed by atoms with van der Waals surface area (Å²) < 4.78 is 11.7. The lowest BCUT2D eigenvalue weighted by Crippen LogP contribution is -2.74. The second-order valence-corrected chi connectivity index (χ2v) is 9.46. The van der Waals surface area contributed by atoms with E-state index in [1.807, 2.05) is 53.4 Å². The highest BCUT2D eigenvalue weighted by Crippen LogP contribution is 2.35. The second-order valence-electron chi connectivity index (χ2n) is 9.46. The Bertz CT molecular complexity index is 970. The van der Waals surface area contributed by atoms with Gasteiger partial charge in [0.15, 0.2) is 0 Å². The number of nitrogens with one attached hydrogen (secondary N) is 1. The average molecular weight is 464 g/mol. The van der Waals surface area contributed by atoms with Crippen LogP contribution in [0.25, 0.3) is 0 Å². The Labute approximate surface area is 201 Å². The molecule has 2 aromatic rings. The minimum absolute atomic E-state index is 0.00948. The first-order valence-electron chi connectivity index (χ1n) is 12.3. The highest BCUT2D eigenvalue weighted by atomic mass is 16.5. The van der Waals surface area contributed by atoms with E-state index in [0.29, 0.717) is 26.0 Å². The minimum Gasteiger partial charge on any atom is -0.376 e. The number of piperidine rings is 1. The molecule has 3 saturated heterocycles. The van der Waals surface area contributed by atoms with Crippen molar-refractivity contribution in [1.29, 1.82) is 0 Å². The summed E-state index contributed by atoms with van der Waals surface area (Å²) in [6.07, 6.45) is 3.11. The summed E-state index contributed by atoms with van der Waals surface area (Å²) >= 11 is 0. The van der Waals surface area contributed by atoms with Crippen molar-refractivity contribution in [3.05, 3.63) is 66.2 Å². The number of para-hydroxylation sites is 1. The Kier molecular flexibility index (Phi) is 6.83. The van der Waals surface area contributed by atoms with Crippen molar-refractivity contribution >= 4 is 17.5 Å². The number of rotatable bonds is 7. The molecule has 1 N–H and O–H groups in total. The fourth-order valence-electron chi connectivity index (χ4n) is 5.39. The summed E-state index contributed by atoms with van der Waals surface area (Å²) in [5.74, 6) is -0.123. The van der Waals surface area contributed by atoms with Gasteiger partial charge in [-0.25, -0.2) is 0 Å². The molecule has 3 fully saturated rings. The fourth-order valence-corrected chi connectivity index (χ4v) is 5.39. The van der Waals surface area contributed by atoms with Crippen molar-refractivity contribution in [3.8, 4) is 0 Å². The van der Waals surface area contributed by atoms with Gasteiger partial charge in [-0.2, -0.15) is 0 Å². The summed E-state index contributed by atoms with van der Waals surface area (Å²) in [7, 11) is 0. The Morgan fingerprint density at radius 2 is 1.71 bits per heavy atom. The third-order valence-corrected chi connectivity index (χ3v) is 7.33. The number of hydrogen-bond donors (Lipinski definition) is 1. The number of nitrogens with zero attached hydrogens (tertiary/aromatic N) is 2. The van der Waals surface area contributed by atoms with E-state index in [9.17, 15) is 9.59 Å². The third kappa shape index (κ3) is 4.68. The Morgan fingerprint density at radius 3 is 2.38 bits per heavy atom. The van der Waals surface area contributed by atoms with Crippen LogP contribution in [-0.4, -0.2) is 67.2 Å². The van der Waals surface area contributed by atoms with Crippen LogP contribution in [0, 0.1) is 0 Å². The van der Waals surface area contributed by atoms with Gasteiger partial charge in [-0.1, -0.05) is 48.5 Å². The zero-order chi connectivity index (χ0) is 23.4. The number of hydrogen-bond acceptors (Lipinski definition) is 5. The summed E-state index contributed by atoms with van der Waals surface area (Å²) in [5, 5.41) is 3.01. The number of anilines is 1. The maximum Gasteiger partial charge on any atom is 0.248 e. The molecule has 7 heteroatoms. The van der Waals surface area contributed by atoms with Gasteiger partial charge in [0.05, 0.1) is 19.3 Å². The van der Waals surface area contributed by atoms with Crippen LogP contribution in [-0.2, 0) is 25.7 Å². The van der Waals surface area contributed by atoms with E-state index in [4.69, 9.17) is 9.47 Å². The number of ether oxygens (including phenoxy) is 2. The highest BCUT2D eigenvalue weighted by molar-refractivity contribution is 6.00. The van der Waals surface area contributed by atoms with Crippen LogP contribution >= 0.6 is 0 Å². The SMILES string of the molecule is O=C1C(COCc2ccccc2)NC(=O)C2(CCN(c3ccccc3)CC2)N1CC1CCCO1. The highest BCUT2D eigenvalue weighted by Gasteiger charge is 2.54. The molecular weight excluding hydrogens is 430 g/mol. The molecule has 2 unspecified atom stereocenters. The van der Waals surface area contributed by atoms with Gasteiger partial charge in [-0.15, -0.1) is 0 Å². The van der Waals surface area contributed by atoms with Gasteiger partial charge in [-0.3, -0.25) is 9.59 Å². The van der Waals surface area contributed by atoms with Gasteiger partial charge in [0.1, 0.15) is 11.6 Å². The molecule has 2 aromatic carbocycles. The Hall–Kier alpha value is -2.90. The van der Waals surface area contributed by atoms with E-state index >= 15 is 0 Å². The summed E-state index contributed by atoms with van der Waals surface area (Å²) in [4.78, 5) is 31.4. The number of benzene rings is 2. The predicted molar refractivity (Wildman–Crippen MR) is 129 cm³/mol. The van der Waals surface area contributed by atoms with Crippen LogP contribution in [0.15, 0.2) is 60.7 Å². The number of amides is 2. The summed E-state index contributed by atoms with van der Waals surface area (Å²) in [5.41, 5.74) is 1.36. The van der Waals surface area contributed by atoms with Gasteiger partial charge < -0.3 is 24.6 Å². The number of piperazine rings is 1. The van der Waals surface area contributed by atoms with E-state index in [0.717, 1.165) is 43.8 Å². The van der Waals surface area contributed by atoms with Crippen LogP contribution in [0.2, 0.25) is 0 Å². The average Bonchev–Trinajstić information content (AvgIpc) is 3.40. The third-order valence-electron chi connectivity index (χ3n) is 7.33.